The summed E-state index contributed by atoms with van der Waals surface area (Å²) in [6.07, 6.45) is 2.57. The summed E-state index contributed by atoms with van der Waals surface area (Å²) in [6, 6.07) is 20.9. The molecular formula is C25H28N2O2S. The largest absolute Gasteiger partial charge is 0.348 e. The molecule has 2 unspecified atom stereocenters. The van der Waals surface area contributed by atoms with Crippen LogP contribution in [0.1, 0.15) is 40.9 Å². The van der Waals surface area contributed by atoms with Crippen molar-refractivity contribution in [1.82, 2.24) is 10.6 Å². The Morgan fingerprint density at radius 1 is 0.967 bits per heavy atom. The molecule has 0 heterocycles. The molecule has 3 aromatic rings. The monoisotopic (exact) mass is 420 g/mol. The van der Waals surface area contributed by atoms with E-state index in [0.717, 1.165) is 27.7 Å². The van der Waals surface area contributed by atoms with Gasteiger partial charge in [0.1, 0.15) is 6.04 Å². The summed E-state index contributed by atoms with van der Waals surface area (Å²) in [5.41, 5.74) is 2.64. The fraction of sp³-hybridized carbons (Fsp3) is 0.280. The number of benzene rings is 3. The zero-order chi connectivity index (χ0) is 21.5. The lowest BCUT2D eigenvalue weighted by Gasteiger charge is -2.22. The lowest BCUT2D eigenvalue weighted by molar-refractivity contribution is -0.123. The van der Waals surface area contributed by atoms with Crippen LogP contribution in [0.5, 0.6) is 0 Å². The fourth-order valence-corrected chi connectivity index (χ4v) is 4.02. The lowest BCUT2D eigenvalue weighted by Crippen LogP contribution is -2.47. The molecule has 0 saturated heterocycles. The molecule has 0 radical (unpaired) electrons. The van der Waals surface area contributed by atoms with Gasteiger partial charge in [0, 0.05) is 5.56 Å². The first-order valence-corrected chi connectivity index (χ1v) is 11.5. The Morgan fingerprint density at radius 2 is 1.70 bits per heavy atom. The van der Waals surface area contributed by atoms with Gasteiger partial charge in [0.25, 0.3) is 5.91 Å². The maximum atomic E-state index is 13.1. The summed E-state index contributed by atoms with van der Waals surface area (Å²) in [5.74, 6) is 0.401. The molecule has 2 atom stereocenters. The summed E-state index contributed by atoms with van der Waals surface area (Å²) in [6.45, 7) is 3.92. The zero-order valence-corrected chi connectivity index (χ0v) is 18.5. The topological polar surface area (TPSA) is 58.2 Å². The average molecular weight is 421 g/mol. The van der Waals surface area contributed by atoms with Gasteiger partial charge in [-0.15, -0.1) is 0 Å². The second-order valence-corrected chi connectivity index (χ2v) is 8.46. The van der Waals surface area contributed by atoms with Gasteiger partial charge in [0.15, 0.2) is 0 Å². The maximum Gasteiger partial charge on any atom is 0.251 e. The van der Waals surface area contributed by atoms with E-state index in [1.54, 1.807) is 17.8 Å². The van der Waals surface area contributed by atoms with Crippen LogP contribution in [0.2, 0.25) is 0 Å². The molecule has 0 aliphatic rings. The van der Waals surface area contributed by atoms with Crippen LogP contribution < -0.4 is 10.6 Å². The predicted octanol–water partition coefficient (Wildman–Crippen LogP) is 4.88. The third-order valence-electron chi connectivity index (χ3n) is 5.16. The van der Waals surface area contributed by atoms with Gasteiger partial charge in [0.05, 0.1) is 6.04 Å². The molecule has 0 bridgehead atoms. The molecule has 0 aliphatic carbocycles. The quantitative estimate of drug-likeness (QED) is 0.546. The Hall–Kier alpha value is -2.79. The van der Waals surface area contributed by atoms with Crippen molar-refractivity contribution >= 4 is 34.3 Å². The molecule has 5 heteroatoms. The number of rotatable bonds is 8. The second-order valence-electron chi connectivity index (χ2n) is 7.48. The number of carbonyl (C=O) groups excluding carboxylic acids is 2. The highest BCUT2D eigenvalue weighted by atomic mass is 32.2. The van der Waals surface area contributed by atoms with Gasteiger partial charge in [-0.05, 0) is 60.7 Å². The third-order valence-corrected chi connectivity index (χ3v) is 5.81. The van der Waals surface area contributed by atoms with E-state index in [4.69, 9.17) is 0 Å². The van der Waals surface area contributed by atoms with E-state index >= 15 is 0 Å². The predicted molar refractivity (Wildman–Crippen MR) is 126 cm³/mol. The van der Waals surface area contributed by atoms with Crippen molar-refractivity contribution in [3.63, 3.8) is 0 Å². The van der Waals surface area contributed by atoms with Crippen LogP contribution in [-0.4, -0.2) is 29.9 Å². The van der Waals surface area contributed by atoms with Crippen molar-refractivity contribution < 1.29 is 9.59 Å². The highest BCUT2D eigenvalue weighted by molar-refractivity contribution is 7.98. The van der Waals surface area contributed by atoms with Crippen LogP contribution in [0.4, 0.5) is 0 Å². The number of carbonyl (C=O) groups is 2. The van der Waals surface area contributed by atoms with Crippen molar-refractivity contribution in [3.05, 3.63) is 83.4 Å². The second kappa shape index (κ2) is 10.3. The van der Waals surface area contributed by atoms with Crippen LogP contribution in [-0.2, 0) is 4.79 Å². The van der Waals surface area contributed by atoms with E-state index < -0.39 is 6.04 Å². The Bertz CT molecular complexity index is 1030. The Labute approximate surface area is 182 Å². The van der Waals surface area contributed by atoms with Gasteiger partial charge in [-0.1, -0.05) is 60.2 Å². The first kappa shape index (κ1) is 21.9. The minimum atomic E-state index is -0.581. The standard InChI is InChI=1S/C25H28N2O2S/c1-17-8-6-11-20(16-17)24(28)27-23(14-15-30-3)25(29)26-18(2)21-13-7-10-19-9-4-5-12-22(19)21/h4-13,16,18,23H,14-15H2,1-3H3,(H,26,29)(H,27,28). The summed E-state index contributed by atoms with van der Waals surface area (Å²) < 4.78 is 0. The van der Waals surface area contributed by atoms with Crippen molar-refractivity contribution in [3.8, 4) is 0 Å². The van der Waals surface area contributed by atoms with E-state index in [2.05, 4.69) is 28.8 Å². The average Bonchev–Trinajstić information content (AvgIpc) is 2.75. The normalized spacial score (nSPS) is 12.9. The van der Waals surface area contributed by atoms with Crippen LogP contribution in [0.3, 0.4) is 0 Å². The van der Waals surface area contributed by atoms with E-state index in [1.807, 2.05) is 62.6 Å². The summed E-state index contributed by atoms with van der Waals surface area (Å²) in [5, 5.41) is 8.29. The molecule has 2 amide bonds. The van der Waals surface area contributed by atoms with Gasteiger partial charge in [-0.25, -0.2) is 0 Å². The van der Waals surface area contributed by atoms with E-state index in [0.29, 0.717) is 12.0 Å². The molecule has 2 N–H and O–H groups in total. The van der Waals surface area contributed by atoms with Crippen LogP contribution in [0.15, 0.2) is 66.7 Å². The van der Waals surface area contributed by atoms with Crippen molar-refractivity contribution in [2.45, 2.75) is 32.4 Å². The molecule has 0 aromatic heterocycles. The van der Waals surface area contributed by atoms with Gasteiger partial charge in [-0.2, -0.15) is 11.8 Å². The van der Waals surface area contributed by atoms with E-state index in [9.17, 15) is 9.59 Å². The molecule has 0 saturated carbocycles. The summed E-state index contributed by atoms with van der Waals surface area (Å²) >= 11 is 1.66. The number of fused-ring (bicyclic) bond motifs is 1. The minimum absolute atomic E-state index is 0.162. The number of hydrogen-bond donors (Lipinski definition) is 2. The molecule has 4 nitrogen and oxygen atoms in total. The highest BCUT2D eigenvalue weighted by Gasteiger charge is 2.23. The molecular weight excluding hydrogens is 392 g/mol. The van der Waals surface area contributed by atoms with Gasteiger partial charge < -0.3 is 10.6 Å². The zero-order valence-electron chi connectivity index (χ0n) is 17.6. The van der Waals surface area contributed by atoms with Crippen LogP contribution >= 0.6 is 11.8 Å². The van der Waals surface area contributed by atoms with Crippen molar-refractivity contribution in [2.24, 2.45) is 0 Å². The molecule has 156 valence electrons. The SMILES string of the molecule is CSCCC(NC(=O)c1cccc(C)c1)C(=O)NC(C)c1cccc2ccccc12. The van der Waals surface area contributed by atoms with Crippen molar-refractivity contribution in [2.75, 3.05) is 12.0 Å². The smallest absolute Gasteiger partial charge is 0.251 e. The van der Waals surface area contributed by atoms with Crippen molar-refractivity contribution in [1.29, 1.82) is 0 Å². The summed E-state index contributed by atoms with van der Waals surface area (Å²) in [4.78, 5) is 25.8. The fourth-order valence-electron chi connectivity index (χ4n) is 3.55. The summed E-state index contributed by atoms with van der Waals surface area (Å²) in [7, 11) is 0. The number of nitrogens with one attached hydrogen (secondary N) is 2. The first-order chi connectivity index (χ1) is 14.5. The first-order valence-electron chi connectivity index (χ1n) is 10.1. The lowest BCUT2D eigenvalue weighted by atomic mass is 9.99. The Kier molecular flexibility index (Phi) is 7.52. The molecule has 3 rings (SSSR count). The minimum Gasteiger partial charge on any atom is -0.348 e. The van der Waals surface area contributed by atoms with E-state index in [-0.39, 0.29) is 17.9 Å². The molecule has 0 aliphatic heterocycles. The number of amides is 2. The van der Waals surface area contributed by atoms with Crippen LogP contribution in [0, 0.1) is 6.92 Å². The van der Waals surface area contributed by atoms with Gasteiger partial charge in [-0.3, -0.25) is 9.59 Å². The number of thioether (sulfide) groups is 1. The van der Waals surface area contributed by atoms with Gasteiger partial charge >= 0.3 is 0 Å². The van der Waals surface area contributed by atoms with E-state index in [1.165, 1.54) is 0 Å². The maximum absolute atomic E-state index is 13.1. The molecule has 30 heavy (non-hydrogen) atoms. The molecule has 0 fully saturated rings. The number of aryl methyl sites for hydroxylation is 1. The number of hydrogen-bond acceptors (Lipinski definition) is 3. The Morgan fingerprint density at radius 3 is 2.47 bits per heavy atom. The van der Waals surface area contributed by atoms with Crippen LogP contribution in [0.25, 0.3) is 10.8 Å². The Balaban J connectivity index is 1.75. The van der Waals surface area contributed by atoms with Gasteiger partial charge in [0.2, 0.25) is 5.91 Å². The molecule has 0 spiro atoms. The third kappa shape index (κ3) is 5.42. The highest BCUT2D eigenvalue weighted by Crippen LogP contribution is 2.24. The molecule has 3 aromatic carbocycles.